The molecule has 0 saturated carbocycles. The van der Waals surface area contributed by atoms with E-state index in [2.05, 4.69) is 5.16 Å². The van der Waals surface area contributed by atoms with Crippen molar-refractivity contribution in [2.45, 2.75) is 39.0 Å². The van der Waals surface area contributed by atoms with Gasteiger partial charge in [-0.25, -0.2) is 0 Å². The predicted octanol–water partition coefficient (Wildman–Crippen LogP) is 3.93. The van der Waals surface area contributed by atoms with Gasteiger partial charge >= 0.3 is 0 Å². The van der Waals surface area contributed by atoms with Gasteiger partial charge in [-0.1, -0.05) is 55.4 Å². The van der Waals surface area contributed by atoms with Crippen LogP contribution in [0, 0.1) is 12.8 Å². The number of aromatic nitrogens is 1. The minimum atomic E-state index is -0.541. The zero-order valence-electron chi connectivity index (χ0n) is 20.6. The van der Waals surface area contributed by atoms with Crippen LogP contribution >= 0.6 is 0 Å². The van der Waals surface area contributed by atoms with Crippen molar-refractivity contribution in [3.63, 3.8) is 0 Å². The van der Waals surface area contributed by atoms with E-state index in [9.17, 15) is 19.9 Å². The van der Waals surface area contributed by atoms with Gasteiger partial charge in [0.05, 0.1) is 12.3 Å². The molecule has 0 aliphatic carbocycles. The Morgan fingerprint density at radius 3 is 2.37 bits per heavy atom. The fourth-order valence-electron chi connectivity index (χ4n) is 4.56. The van der Waals surface area contributed by atoms with Crippen molar-refractivity contribution in [1.29, 1.82) is 0 Å². The van der Waals surface area contributed by atoms with Crippen molar-refractivity contribution in [2.75, 3.05) is 6.61 Å². The number of benzene rings is 2. The number of primary amides is 1. The van der Waals surface area contributed by atoms with Crippen LogP contribution in [0.4, 0.5) is 0 Å². The third-order valence-corrected chi connectivity index (χ3v) is 6.65. The molecule has 3 aromatic rings. The first-order valence-corrected chi connectivity index (χ1v) is 11.7. The van der Waals surface area contributed by atoms with E-state index in [1.54, 1.807) is 25.4 Å². The first-order chi connectivity index (χ1) is 16.7. The van der Waals surface area contributed by atoms with Crippen LogP contribution in [0.3, 0.4) is 0 Å². The summed E-state index contributed by atoms with van der Waals surface area (Å²) in [6.07, 6.45) is 1.99. The molecule has 2 aromatic carbocycles. The molecule has 0 spiro atoms. The summed E-state index contributed by atoms with van der Waals surface area (Å²) in [6, 6.07) is 16.6. The molecule has 1 amide bonds. The Morgan fingerprint density at radius 2 is 1.80 bits per heavy atom. The Morgan fingerprint density at radius 1 is 1.09 bits per heavy atom. The van der Waals surface area contributed by atoms with Gasteiger partial charge in [-0.3, -0.25) is 9.59 Å². The number of aliphatic hydroxyl groups is 1. The quantitative estimate of drug-likeness (QED) is 0.247. The fraction of sp³-hybridized carbons (Fsp3) is 0.321. The molecule has 3 rings (SSSR count). The number of nitrogens with two attached hydrogens (primary N) is 1. The maximum atomic E-state index is 12.2. The highest BCUT2D eigenvalue weighted by atomic mass is 16.4. The van der Waals surface area contributed by atoms with Crippen LogP contribution in [-0.4, -0.2) is 33.1 Å². The molecule has 0 aliphatic heterocycles. The predicted molar refractivity (Wildman–Crippen MR) is 137 cm³/mol. The number of hydrogen-bond acceptors (Lipinski definition) is 5. The third kappa shape index (κ3) is 5.69. The van der Waals surface area contributed by atoms with Gasteiger partial charge in [-0.15, -0.1) is 0 Å². The summed E-state index contributed by atoms with van der Waals surface area (Å²) in [4.78, 5) is 24.1. The van der Waals surface area contributed by atoms with Crippen molar-refractivity contribution < 1.29 is 15.1 Å². The summed E-state index contributed by atoms with van der Waals surface area (Å²) in [5, 5.41) is 23.6. The molecule has 0 bridgehead atoms. The van der Waals surface area contributed by atoms with E-state index in [1.165, 1.54) is 10.6 Å². The SMILES string of the molecule is Cc1ccccc1C(C/C(=N\O)c1ccc(=O)n(C)c1)c1ccc(C(N)=O)c([C@@H](CO)C(C)C)c1. The van der Waals surface area contributed by atoms with Gasteiger partial charge in [0.2, 0.25) is 11.5 Å². The standard InChI is InChI=1S/C28H33N3O4/c1-17(2)25(16-32)24-13-19(9-11-22(24)28(29)34)23(21-8-6-5-7-18(21)3)14-26(30-35)20-10-12-27(33)31(4)15-20/h5-13,15,17,23,25,32,35H,14,16H2,1-4H3,(H2,29,34)/b30-26+/t23?,25-/m0/s1. The average Bonchev–Trinajstić information content (AvgIpc) is 2.82. The van der Waals surface area contributed by atoms with Gasteiger partial charge in [0.15, 0.2) is 0 Å². The van der Waals surface area contributed by atoms with E-state index in [0.717, 1.165) is 16.7 Å². The highest BCUT2D eigenvalue weighted by Crippen LogP contribution is 2.36. The van der Waals surface area contributed by atoms with Crippen LogP contribution < -0.4 is 11.3 Å². The molecule has 184 valence electrons. The minimum Gasteiger partial charge on any atom is -0.411 e. The van der Waals surface area contributed by atoms with Gasteiger partial charge in [-0.05, 0) is 47.2 Å². The summed E-state index contributed by atoms with van der Waals surface area (Å²) in [5.74, 6) is -0.928. The second-order valence-electron chi connectivity index (χ2n) is 9.27. The molecule has 0 saturated heterocycles. The van der Waals surface area contributed by atoms with Crippen LogP contribution in [0.5, 0.6) is 0 Å². The van der Waals surface area contributed by atoms with Crippen LogP contribution in [0.25, 0.3) is 0 Å². The van der Waals surface area contributed by atoms with E-state index in [0.29, 0.717) is 28.8 Å². The largest absolute Gasteiger partial charge is 0.411 e. The molecular weight excluding hydrogens is 442 g/mol. The van der Waals surface area contributed by atoms with Crippen LogP contribution in [0.2, 0.25) is 0 Å². The molecule has 1 unspecified atom stereocenters. The van der Waals surface area contributed by atoms with Gasteiger partial charge in [0.25, 0.3) is 0 Å². The molecule has 1 heterocycles. The molecule has 1 aromatic heterocycles. The van der Waals surface area contributed by atoms with E-state index in [4.69, 9.17) is 5.73 Å². The zero-order valence-corrected chi connectivity index (χ0v) is 20.6. The number of carbonyl (C=O) groups excluding carboxylic acids is 1. The highest BCUT2D eigenvalue weighted by molar-refractivity contribution is 6.00. The number of rotatable bonds is 9. The monoisotopic (exact) mass is 475 g/mol. The number of nitrogens with zero attached hydrogens (tertiary/aromatic N) is 2. The molecule has 0 aliphatic rings. The topological polar surface area (TPSA) is 118 Å². The van der Waals surface area contributed by atoms with Crippen molar-refractivity contribution in [3.8, 4) is 0 Å². The molecule has 4 N–H and O–H groups in total. The van der Waals surface area contributed by atoms with Gasteiger partial charge in [-0.2, -0.15) is 0 Å². The molecule has 35 heavy (non-hydrogen) atoms. The number of carbonyl (C=O) groups is 1. The smallest absolute Gasteiger partial charge is 0.250 e. The summed E-state index contributed by atoms with van der Waals surface area (Å²) in [7, 11) is 1.65. The van der Waals surface area contributed by atoms with Crippen LogP contribution in [-0.2, 0) is 7.05 Å². The first-order valence-electron chi connectivity index (χ1n) is 11.7. The first kappa shape index (κ1) is 25.9. The molecule has 7 nitrogen and oxygen atoms in total. The van der Waals surface area contributed by atoms with Crippen molar-refractivity contribution in [3.05, 3.63) is 105 Å². The van der Waals surface area contributed by atoms with Crippen molar-refractivity contribution >= 4 is 11.6 Å². The van der Waals surface area contributed by atoms with E-state index >= 15 is 0 Å². The second-order valence-corrected chi connectivity index (χ2v) is 9.27. The maximum Gasteiger partial charge on any atom is 0.250 e. The Bertz CT molecular complexity index is 1290. The van der Waals surface area contributed by atoms with E-state index in [1.807, 2.05) is 57.2 Å². The third-order valence-electron chi connectivity index (χ3n) is 6.65. The van der Waals surface area contributed by atoms with Crippen LogP contribution in [0.15, 0.2) is 70.7 Å². The molecule has 0 fully saturated rings. The lowest BCUT2D eigenvalue weighted by molar-refractivity contribution is 0.0998. The Balaban J connectivity index is 2.18. The second kappa shape index (κ2) is 11.1. The summed E-state index contributed by atoms with van der Waals surface area (Å²) < 4.78 is 1.44. The Hall–Kier alpha value is -3.71. The van der Waals surface area contributed by atoms with Crippen molar-refractivity contribution in [2.24, 2.45) is 23.9 Å². The molecule has 7 heteroatoms. The lowest BCUT2D eigenvalue weighted by atomic mass is 9.79. The van der Waals surface area contributed by atoms with Crippen LogP contribution in [0.1, 0.15) is 70.3 Å². The number of aryl methyl sites for hydroxylation is 2. The number of hydrogen-bond donors (Lipinski definition) is 3. The van der Waals surface area contributed by atoms with Crippen molar-refractivity contribution in [1.82, 2.24) is 4.57 Å². The maximum absolute atomic E-state index is 12.2. The number of oxime groups is 1. The van der Waals surface area contributed by atoms with Gasteiger partial charge in [0, 0.05) is 48.7 Å². The summed E-state index contributed by atoms with van der Waals surface area (Å²) in [5.41, 5.74) is 10.7. The minimum absolute atomic E-state index is 0.0884. The zero-order chi connectivity index (χ0) is 25.7. The number of aliphatic hydroxyl groups excluding tert-OH is 1. The molecule has 2 atom stereocenters. The summed E-state index contributed by atoms with van der Waals surface area (Å²) in [6.45, 7) is 5.90. The highest BCUT2D eigenvalue weighted by Gasteiger charge is 2.25. The van der Waals surface area contributed by atoms with Gasteiger partial charge < -0.3 is 20.6 Å². The molecule has 0 radical (unpaired) electrons. The molecular formula is C28H33N3O4. The normalized spacial score (nSPS) is 13.6. The Labute approximate surface area is 205 Å². The van der Waals surface area contributed by atoms with E-state index < -0.39 is 5.91 Å². The average molecular weight is 476 g/mol. The lowest BCUT2D eigenvalue weighted by Gasteiger charge is -2.25. The summed E-state index contributed by atoms with van der Waals surface area (Å²) >= 11 is 0. The lowest BCUT2D eigenvalue weighted by Crippen LogP contribution is -2.21. The number of amides is 1. The van der Waals surface area contributed by atoms with E-state index in [-0.39, 0.29) is 29.9 Å². The van der Waals surface area contributed by atoms with Gasteiger partial charge in [0.1, 0.15) is 0 Å². The Kier molecular flexibility index (Phi) is 8.25. The number of pyridine rings is 1. The fourth-order valence-corrected chi connectivity index (χ4v) is 4.56.